The number of hydrogen-bond acceptors (Lipinski definition) is 1. The van der Waals surface area contributed by atoms with Gasteiger partial charge in [-0.05, 0) is 11.8 Å². The average molecular weight is 147 g/mol. The van der Waals surface area contributed by atoms with E-state index in [2.05, 4.69) is 5.87 Å². The minimum absolute atomic E-state index is 0.385. The first kappa shape index (κ1) is 8.72. The molecule has 0 spiro atoms. The van der Waals surface area contributed by atoms with Crippen LogP contribution in [0, 0.1) is 5.92 Å². The van der Waals surface area contributed by atoms with E-state index in [0.717, 1.165) is 0 Å². The Morgan fingerprint density at radius 2 is 2.11 bits per heavy atom. The lowest BCUT2D eigenvalue weighted by molar-refractivity contribution is 0.687. The zero-order valence-electron chi connectivity index (χ0n) is 5.83. The summed E-state index contributed by atoms with van der Waals surface area (Å²) in [6.45, 7) is 3.98. The molecule has 1 atom stereocenters. The predicted octanol–water partition coefficient (Wildman–Crippen LogP) is 0.746. The van der Waals surface area contributed by atoms with Gasteiger partial charge in [-0.3, -0.25) is 5.14 Å². The fourth-order valence-corrected chi connectivity index (χ4v) is 0.870. The third-order valence-electron chi connectivity index (χ3n) is 0.694. The van der Waals surface area contributed by atoms with Gasteiger partial charge < -0.3 is 0 Å². The van der Waals surface area contributed by atoms with Gasteiger partial charge in [-0.2, -0.15) is 0 Å². The van der Waals surface area contributed by atoms with Crippen molar-refractivity contribution in [3.8, 4) is 0 Å². The molecule has 2 N–H and O–H groups in total. The lowest BCUT2D eigenvalue weighted by Crippen LogP contribution is -2.06. The maximum Gasteiger partial charge on any atom is 0.0435 e. The summed E-state index contributed by atoms with van der Waals surface area (Å²) in [5.41, 5.74) is 0. The van der Waals surface area contributed by atoms with Crippen molar-refractivity contribution < 1.29 is 4.21 Å². The lowest BCUT2D eigenvalue weighted by Gasteiger charge is -1.94. The molecular formula is C6H13NOS. The maximum atomic E-state index is 10.7. The lowest BCUT2D eigenvalue weighted by atomic mass is 10.2. The molecule has 0 saturated carbocycles. The van der Waals surface area contributed by atoms with Crippen molar-refractivity contribution in [2.75, 3.05) is 0 Å². The van der Waals surface area contributed by atoms with E-state index in [-0.39, 0.29) is 0 Å². The smallest absolute Gasteiger partial charge is 0.0435 e. The first-order valence-electron chi connectivity index (χ1n) is 2.75. The molecule has 0 saturated heterocycles. The molecule has 0 aliphatic rings. The molecule has 0 amide bonds. The summed E-state index contributed by atoms with van der Waals surface area (Å²) in [6.07, 6.45) is 1.79. The van der Waals surface area contributed by atoms with Crippen molar-refractivity contribution in [2.45, 2.75) is 13.8 Å². The normalized spacial score (nSPS) is 18.7. The van der Waals surface area contributed by atoms with Gasteiger partial charge in [0.05, 0.1) is 0 Å². The highest BCUT2D eigenvalue weighted by atomic mass is 32.2. The van der Waals surface area contributed by atoms with E-state index in [9.17, 15) is 4.21 Å². The fraction of sp³-hybridized carbons (Fsp3) is 0.500. The Labute approximate surface area is 56.9 Å². The van der Waals surface area contributed by atoms with E-state index < -0.39 is 9.71 Å². The Hall–Kier alpha value is -0.280. The Bertz CT molecular complexity index is 189. The summed E-state index contributed by atoms with van der Waals surface area (Å²) in [7, 11) is -2.40. The van der Waals surface area contributed by atoms with Crippen LogP contribution >= 0.6 is 0 Å². The molecule has 0 heterocycles. The van der Waals surface area contributed by atoms with Crippen molar-refractivity contribution in [1.29, 1.82) is 0 Å². The maximum absolute atomic E-state index is 10.7. The highest BCUT2D eigenvalue weighted by Crippen LogP contribution is 1.94. The topological polar surface area (TPSA) is 43.1 Å². The summed E-state index contributed by atoms with van der Waals surface area (Å²) in [4.78, 5) is 0. The molecule has 9 heavy (non-hydrogen) atoms. The van der Waals surface area contributed by atoms with Crippen LogP contribution < -0.4 is 5.14 Å². The summed E-state index contributed by atoms with van der Waals surface area (Å²) in [5.74, 6) is 3.65. The van der Waals surface area contributed by atoms with Crippen molar-refractivity contribution in [2.24, 2.45) is 11.1 Å². The Morgan fingerprint density at radius 3 is 2.22 bits per heavy atom. The van der Waals surface area contributed by atoms with Gasteiger partial charge in [0.15, 0.2) is 0 Å². The quantitative estimate of drug-likeness (QED) is 0.575. The van der Waals surface area contributed by atoms with Crippen LogP contribution in [0.2, 0.25) is 0 Å². The molecule has 0 fully saturated rings. The summed E-state index contributed by atoms with van der Waals surface area (Å²) >= 11 is 0. The van der Waals surface area contributed by atoms with Gasteiger partial charge in [0.25, 0.3) is 0 Å². The largest absolute Gasteiger partial charge is 0.256 e. The highest BCUT2D eigenvalue weighted by Gasteiger charge is 1.86. The molecule has 1 unspecified atom stereocenters. The van der Waals surface area contributed by atoms with E-state index in [1.165, 1.54) is 5.41 Å². The number of hydrogen-bond donors (Lipinski definition) is 1. The molecule has 0 aliphatic heterocycles. The van der Waals surface area contributed by atoms with Crippen molar-refractivity contribution in [3.63, 3.8) is 0 Å². The van der Waals surface area contributed by atoms with Crippen LogP contribution in [0.5, 0.6) is 0 Å². The van der Waals surface area contributed by atoms with E-state index in [4.69, 9.17) is 5.14 Å². The van der Waals surface area contributed by atoms with E-state index in [1.54, 1.807) is 6.08 Å². The van der Waals surface area contributed by atoms with Gasteiger partial charge in [0.1, 0.15) is 0 Å². The van der Waals surface area contributed by atoms with Crippen LogP contribution in [0.1, 0.15) is 13.8 Å². The molecule has 0 aromatic rings. The molecule has 2 nitrogen and oxygen atoms in total. The van der Waals surface area contributed by atoms with Crippen LogP contribution in [-0.4, -0.2) is 10.1 Å². The average Bonchev–Trinajstić information content (AvgIpc) is 1.59. The molecule has 0 rings (SSSR count). The standard InChI is InChI=1S/C6H13NOS/c1-6(2)4-5-9(3,7)8/h4-6H,3H2,1-2H3,(H2,7,8)/b5-4+. The van der Waals surface area contributed by atoms with Crippen LogP contribution in [-0.2, 0) is 9.71 Å². The molecule has 0 aromatic carbocycles. The number of allylic oxidation sites excluding steroid dienone is 1. The van der Waals surface area contributed by atoms with Gasteiger partial charge in [0.2, 0.25) is 0 Å². The molecule has 0 aromatic heterocycles. The van der Waals surface area contributed by atoms with Crippen LogP contribution in [0.25, 0.3) is 0 Å². The zero-order chi connectivity index (χ0) is 7.49. The second-order valence-electron chi connectivity index (χ2n) is 2.35. The molecule has 54 valence electrons. The third kappa shape index (κ3) is 7.72. The van der Waals surface area contributed by atoms with E-state index in [1.807, 2.05) is 13.8 Å². The van der Waals surface area contributed by atoms with Gasteiger partial charge in [-0.25, -0.2) is 4.21 Å². The van der Waals surface area contributed by atoms with Crippen LogP contribution in [0.15, 0.2) is 11.5 Å². The van der Waals surface area contributed by atoms with Crippen LogP contribution in [0.3, 0.4) is 0 Å². The minimum atomic E-state index is -2.40. The predicted molar refractivity (Wildman–Crippen MR) is 43.4 cm³/mol. The molecule has 0 bridgehead atoms. The molecule has 0 aliphatic carbocycles. The van der Waals surface area contributed by atoms with Crippen molar-refractivity contribution in [3.05, 3.63) is 11.5 Å². The van der Waals surface area contributed by atoms with Gasteiger partial charge in [-0.1, -0.05) is 19.9 Å². The number of rotatable bonds is 2. The second kappa shape index (κ2) is 3.03. The highest BCUT2D eigenvalue weighted by molar-refractivity contribution is 8.00. The molecule has 3 heteroatoms. The molecule has 0 radical (unpaired) electrons. The summed E-state index contributed by atoms with van der Waals surface area (Å²) < 4.78 is 10.7. The Kier molecular flexibility index (Phi) is 2.94. The van der Waals surface area contributed by atoms with E-state index >= 15 is 0 Å². The Balaban J connectivity index is 4.03. The summed E-state index contributed by atoms with van der Waals surface area (Å²) in [6, 6.07) is 0. The van der Waals surface area contributed by atoms with Gasteiger partial charge in [0, 0.05) is 15.1 Å². The first-order chi connectivity index (χ1) is 3.92. The van der Waals surface area contributed by atoms with Gasteiger partial charge in [-0.15, -0.1) is 0 Å². The molecular weight excluding hydrogens is 134 g/mol. The number of nitrogens with two attached hydrogens (primary N) is 1. The van der Waals surface area contributed by atoms with Gasteiger partial charge >= 0.3 is 0 Å². The van der Waals surface area contributed by atoms with E-state index in [0.29, 0.717) is 5.92 Å². The van der Waals surface area contributed by atoms with Crippen molar-refractivity contribution >= 4 is 15.6 Å². The summed E-state index contributed by atoms with van der Waals surface area (Å²) in [5, 5.41) is 6.57. The fourth-order valence-electron chi connectivity index (χ4n) is 0.290. The first-order valence-corrected chi connectivity index (χ1v) is 4.60. The minimum Gasteiger partial charge on any atom is -0.256 e. The monoisotopic (exact) mass is 147 g/mol. The Morgan fingerprint density at radius 1 is 1.67 bits per heavy atom. The van der Waals surface area contributed by atoms with Crippen LogP contribution in [0.4, 0.5) is 0 Å². The third-order valence-corrected chi connectivity index (χ3v) is 1.31. The second-order valence-corrected chi connectivity index (χ2v) is 4.18. The SMILES string of the molecule is C=S(N)(=O)/C=C/C(C)C. The zero-order valence-corrected chi connectivity index (χ0v) is 6.65. The van der Waals surface area contributed by atoms with Crippen molar-refractivity contribution in [1.82, 2.24) is 0 Å².